The molecule has 5 heteroatoms. The van der Waals surface area contributed by atoms with E-state index in [0.717, 1.165) is 25.6 Å². The van der Waals surface area contributed by atoms with Gasteiger partial charge in [0.2, 0.25) is 5.91 Å². The highest BCUT2D eigenvalue weighted by molar-refractivity contribution is 5.74. The molecule has 1 saturated heterocycles. The summed E-state index contributed by atoms with van der Waals surface area (Å²) >= 11 is 0. The van der Waals surface area contributed by atoms with Gasteiger partial charge < -0.3 is 20.7 Å². The van der Waals surface area contributed by atoms with Gasteiger partial charge in [-0.05, 0) is 5.92 Å². The van der Waals surface area contributed by atoms with Crippen LogP contribution in [-0.4, -0.2) is 56.7 Å². The number of primary amides is 1. The van der Waals surface area contributed by atoms with E-state index in [-0.39, 0.29) is 6.61 Å². The number of nitrogens with one attached hydrogen (secondary N) is 1. The maximum absolute atomic E-state index is 10.4. The summed E-state index contributed by atoms with van der Waals surface area (Å²) in [4.78, 5) is 12.8. The third kappa shape index (κ3) is 5.44. The van der Waals surface area contributed by atoms with Crippen LogP contribution in [0.5, 0.6) is 0 Å². The summed E-state index contributed by atoms with van der Waals surface area (Å²) in [5.41, 5.74) is 4.93. The fraction of sp³-hybridized carbons (Fsp3) is 0.909. The molecule has 5 nitrogen and oxygen atoms in total. The first-order valence-corrected chi connectivity index (χ1v) is 6.01. The van der Waals surface area contributed by atoms with E-state index in [2.05, 4.69) is 17.1 Å². The third-order valence-electron chi connectivity index (χ3n) is 2.88. The Morgan fingerprint density at radius 1 is 1.50 bits per heavy atom. The van der Waals surface area contributed by atoms with Crippen LogP contribution < -0.4 is 11.1 Å². The second-order valence-electron chi connectivity index (χ2n) is 4.30. The smallest absolute Gasteiger partial charge is 0.243 e. The van der Waals surface area contributed by atoms with E-state index >= 15 is 0 Å². The fourth-order valence-electron chi connectivity index (χ4n) is 1.80. The standard InChI is InChI=1S/C11H23N3O2/c1-2-10-7-14(8-10)5-3-13-4-6-16-9-11(12)15/h10,13H,2-9H2,1H3,(H2,12,15). The Morgan fingerprint density at radius 2 is 2.25 bits per heavy atom. The van der Waals surface area contributed by atoms with Crippen LogP contribution in [0.1, 0.15) is 13.3 Å². The number of likely N-dealkylation sites (tertiary alicyclic amines) is 1. The summed E-state index contributed by atoms with van der Waals surface area (Å²) in [6.07, 6.45) is 1.30. The van der Waals surface area contributed by atoms with Crippen molar-refractivity contribution in [3.05, 3.63) is 0 Å². The molecule has 1 fully saturated rings. The highest BCUT2D eigenvalue weighted by Crippen LogP contribution is 2.16. The maximum atomic E-state index is 10.4. The Balaban J connectivity index is 1.77. The predicted molar refractivity (Wildman–Crippen MR) is 63.1 cm³/mol. The zero-order valence-corrected chi connectivity index (χ0v) is 10.1. The lowest BCUT2D eigenvalue weighted by molar-refractivity contribution is -0.122. The van der Waals surface area contributed by atoms with Gasteiger partial charge in [-0.1, -0.05) is 13.3 Å². The maximum Gasteiger partial charge on any atom is 0.243 e. The second-order valence-corrected chi connectivity index (χ2v) is 4.30. The molecular formula is C11H23N3O2. The number of carbonyl (C=O) groups excluding carboxylic acids is 1. The van der Waals surface area contributed by atoms with Gasteiger partial charge in [0, 0.05) is 32.7 Å². The number of nitrogens with zero attached hydrogens (tertiary/aromatic N) is 1. The molecule has 0 radical (unpaired) electrons. The second kappa shape index (κ2) is 7.60. The van der Waals surface area contributed by atoms with Crippen LogP contribution in [0, 0.1) is 5.92 Å². The van der Waals surface area contributed by atoms with Gasteiger partial charge >= 0.3 is 0 Å². The molecule has 0 aromatic carbocycles. The Kier molecular flexibility index (Phi) is 6.37. The number of amides is 1. The summed E-state index contributed by atoms with van der Waals surface area (Å²) in [6.45, 7) is 8.16. The average molecular weight is 229 g/mol. The van der Waals surface area contributed by atoms with Crippen LogP contribution in [0.2, 0.25) is 0 Å². The van der Waals surface area contributed by atoms with Crippen molar-refractivity contribution >= 4 is 5.91 Å². The monoisotopic (exact) mass is 229 g/mol. The first-order chi connectivity index (χ1) is 7.72. The van der Waals surface area contributed by atoms with E-state index in [1.165, 1.54) is 19.5 Å². The van der Waals surface area contributed by atoms with E-state index in [0.29, 0.717) is 6.61 Å². The number of nitrogens with two attached hydrogens (primary N) is 1. The van der Waals surface area contributed by atoms with E-state index < -0.39 is 5.91 Å². The van der Waals surface area contributed by atoms with Crippen LogP contribution in [0.4, 0.5) is 0 Å². The molecular weight excluding hydrogens is 206 g/mol. The third-order valence-corrected chi connectivity index (χ3v) is 2.88. The molecule has 3 N–H and O–H groups in total. The number of rotatable bonds is 9. The first kappa shape index (κ1) is 13.4. The molecule has 0 aromatic rings. The molecule has 1 amide bonds. The number of hydrogen-bond acceptors (Lipinski definition) is 4. The van der Waals surface area contributed by atoms with E-state index in [4.69, 9.17) is 10.5 Å². The zero-order valence-electron chi connectivity index (χ0n) is 10.1. The molecule has 0 bridgehead atoms. The Bertz CT molecular complexity index is 205. The van der Waals surface area contributed by atoms with Crippen molar-refractivity contribution in [3.63, 3.8) is 0 Å². The summed E-state index contributed by atoms with van der Waals surface area (Å²) in [7, 11) is 0. The zero-order chi connectivity index (χ0) is 11.8. The molecule has 0 aliphatic carbocycles. The van der Waals surface area contributed by atoms with Crippen LogP contribution in [-0.2, 0) is 9.53 Å². The number of hydrogen-bond donors (Lipinski definition) is 2. The summed E-state index contributed by atoms with van der Waals surface area (Å²) in [5, 5.41) is 3.27. The van der Waals surface area contributed by atoms with Gasteiger partial charge in [-0.3, -0.25) is 4.79 Å². The molecule has 0 unspecified atom stereocenters. The van der Waals surface area contributed by atoms with Gasteiger partial charge in [-0.15, -0.1) is 0 Å². The summed E-state index contributed by atoms with van der Waals surface area (Å²) < 4.78 is 5.03. The van der Waals surface area contributed by atoms with Crippen LogP contribution in [0.25, 0.3) is 0 Å². The van der Waals surface area contributed by atoms with Crippen molar-refractivity contribution in [1.82, 2.24) is 10.2 Å². The Labute approximate surface area is 97.3 Å². The Morgan fingerprint density at radius 3 is 2.88 bits per heavy atom. The quantitative estimate of drug-likeness (QED) is 0.519. The largest absolute Gasteiger partial charge is 0.370 e. The van der Waals surface area contributed by atoms with E-state index in [1.807, 2.05) is 0 Å². The van der Waals surface area contributed by atoms with Crippen LogP contribution in [0.15, 0.2) is 0 Å². The SMILES string of the molecule is CCC1CN(CCNCCOCC(N)=O)C1. The molecule has 1 aliphatic rings. The van der Waals surface area contributed by atoms with Crippen LogP contribution >= 0.6 is 0 Å². The minimum Gasteiger partial charge on any atom is -0.370 e. The van der Waals surface area contributed by atoms with Gasteiger partial charge in [-0.25, -0.2) is 0 Å². The van der Waals surface area contributed by atoms with E-state index in [9.17, 15) is 4.79 Å². The molecule has 94 valence electrons. The van der Waals surface area contributed by atoms with Crippen molar-refractivity contribution in [2.45, 2.75) is 13.3 Å². The van der Waals surface area contributed by atoms with Crippen molar-refractivity contribution in [1.29, 1.82) is 0 Å². The summed E-state index contributed by atoms with van der Waals surface area (Å²) in [6, 6.07) is 0. The minimum absolute atomic E-state index is 0.0198. The molecule has 16 heavy (non-hydrogen) atoms. The molecule has 0 aromatic heterocycles. The van der Waals surface area contributed by atoms with Crippen molar-refractivity contribution in [3.8, 4) is 0 Å². The van der Waals surface area contributed by atoms with Gasteiger partial charge in [0.05, 0.1) is 6.61 Å². The van der Waals surface area contributed by atoms with Crippen LogP contribution in [0.3, 0.4) is 0 Å². The van der Waals surface area contributed by atoms with Gasteiger partial charge in [-0.2, -0.15) is 0 Å². The van der Waals surface area contributed by atoms with E-state index in [1.54, 1.807) is 0 Å². The lowest BCUT2D eigenvalue weighted by Gasteiger charge is -2.38. The highest BCUT2D eigenvalue weighted by Gasteiger charge is 2.23. The summed E-state index contributed by atoms with van der Waals surface area (Å²) in [5.74, 6) is 0.505. The van der Waals surface area contributed by atoms with Crippen molar-refractivity contribution < 1.29 is 9.53 Å². The molecule has 0 atom stereocenters. The fourth-order valence-corrected chi connectivity index (χ4v) is 1.80. The normalized spacial score (nSPS) is 17.3. The minimum atomic E-state index is -0.411. The topological polar surface area (TPSA) is 67.6 Å². The highest BCUT2D eigenvalue weighted by atomic mass is 16.5. The molecule has 1 heterocycles. The van der Waals surface area contributed by atoms with Crippen molar-refractivity contribution in [2.24, 2.45) is 11.7 Å². The van der Waals surface area contributed by atoms with Gasteiger partial charge in [0.15, 0.2) is 0 Å². The Hall–Kier alpha value is -0.650. The molecule has 1 aliphatic heterocycles. The van der Waals surface area contributed by atoms with Gasteiger partial charge in [0.25, 0.3) is 0 Å². The van der Waals surface area contributed by atoms with Crippen molar-refractivity contribution in [2.75, 3.05) is 45.9 Å². The lowest BCUT2D eigenvalue weighted by Crippen LogP contribution is -2.48. The predicted octanol–water partition coefficient (Wildman–Crippen LogP) is -0.580. The number of carbonyl (C=O) groups is 1. The average Bonchev–Trinajstić information content (AvgIpc) is 2.18. The molecule has 0 saturated carbocycles. The van der Waals surface area contributed by atoms with Gasteiger partial charge in [0.1, 0.15) is 6.61 Å². The first-order valence-electron chi connectivity index (χ1n) is 6.01. The number of ether oxygens (including phenoxy) is 1. The molecule has 0 spiro atoms. The molecule has 1 rings (SSSR count). The lowest BCUT2D eigenvalue weighted by atomic mass is 9.98.